The van der Waals surface area contributed by atoms with Gasteiger partial charge in [0, 0.05) is 25.2 Å². The van der Waals surface area contributed by atoms with Crippen LogP contribution < -0.4 is 10.1 Å². The van der Waals surface area contributed by atoms with Crippen LogP contribution in [0.4, 0.5) is 0 Å². The number of thiocarbonyl (C=S) groups is 1. The van der Waals surface area contributed by atoms with Gasteiger partial charge in [0.05, 0.1) is 19.8 Å². The lowest BCUT2D eigenvalue weighted by molar-refractivity contribution is 0.0376. The van der Waals surface area contributed by atoms with Crippen molar-refractivity contribution < 1.29 is 9.47 Å². The largest absolute Gasteiger partial charge is 0.494 e. The first kappa shape index (κ1) is 17.2. The fraction of sp³-hybridized carbons (Fsp3) is 0.588. The minimum absolute atomic E-state index is 0.754. The Morgan fingerprint density at radius 3 is 2.68 bits per heavy atom. The molecule has 0 saturated carbocycles. The zero-order valence-corrected chi connectivity index (χ0v) is 14.2. The molecule has 0 aliphatic carbocycles. The van der Waals surface area contributed by atoms with Gasteiger partial charge in [-0.1, -0.05) is 19.1 Å². The van der Waals surface area contributed by atoms with E-state index < -0.39 is 0 Å². The molecule has 1 aliphatic heterocycles. The van der Waals surface area contributed by atoms with E-state index in [0.717, 1.165) is 75.1 Å². The van der Waals surface area contributed by atoms with Crippen molar-refractivity contribution in [2.75, 3.05) is 46.0 Å². The molecule has 1 heterocycles. The molecule has 1 fully saturated rings. The van der Waals surface area contributed by atoms with E-state index in [9.17, 15) is 0 Å². The van der Waals surface area contributed by atoms with Crippen LogP contribution in [0, 0.1) is 0 Å². The summed E-state index contributed by atoms with van der Waals surface area (Å²) in [6.07, 6.45) is 2.11. The van der Waals surface area contributed by atoms with Gasteiger partial charge in [-0.3, -0.25) is 4.90 Å². The molecule has 4 nitrogen and oxygen atoms in total. The van der Waals surface area contributed by atoms with Crippen molar-refractivity contribution in [2.45, 2.75) is 19.8 Å². The average Bonchev–Trinajstić information content (AvgIpc) is 2.58. The second-order valence-corrected chi connectivity index (χ2v) is 5.84. The maximum absolute atomic E-state index is 5.58. The van der Waals surface area contributed by atoms with E-state index in [-0.39, 0.29) is 0 Å². The smallest absolute Gasteiger partial charge is 0.119 e. The Balaban J connectivity index is 1.65. The minimum Gasteiger partial charge on any atom is -0.494 e. The van der Waals surface area contributed by atoms with Crippen molar-refractivity contribution in [3.63, 3.8) is 0 Å². The summed E-state index contributed by atoms with van der Waals surface area (Å²) in [5.41, 5.74) is 1.05. The molecule has 22 heavy (non-hydrogen) atoms. The van der Waals surface area contributed by atoms with Crippen LogP contribution in [0.15, 0.2) is 24.3 Å². The molecule has 0 atom stereocenters. The molecule has 0 bridgehead atoms. The number of hydrogen-bond acceptors (Lipinski definition) is 4. The summed E-state index contributed by atoms with van der Waals surface area (Å²) >= 11 is 5.44. The molecule has 5 heteroatoms. The Morgan fingerprint density at radius 2 is 2.00 bits per heavy atom. The Morgan fingerprint density at radius 1 is 1.27 bits per heavy atom. The van der Waals surface area contributed by atoms with Gasteiger partial charge in [-0.05, 0) is 43.7 Å². The highest BCUT2D eigenvalue weighted by atomic mass is 32.1. The van der Waals surface area contributed by atoms with Gasteiger partial charge in [-0.25, -0.2) is 0 Å². The number of nitrogens with one attached hydrogen (secondary N) is 1. The van der Waals surface area contributed by atoms with E-state index in [4.69, 9.17) is 21.7 Å². The first-order valence-electron chi connectivity index (χ1n) is 8.10. The van der Waals surface area contributed by atoms with Gasteiger partial charge in [0.2, 0.25) is 0 Å². The zero-order chi connectivity index (χ0) is 15.6. The predicted molar refractivity (Wildman–Crippen MR) is 93.8 cm³/mol. The number of hydrogen-bond donors (Lipinski definition) is 1. The predicted octanol–water partition coefficient (Wildman–Crippen LogP) is 2.46. The van der Waals surface area contributed by atoms with E-state index in [0.29, 0.717) is 0 Å². The Hall–Kier alpha value is -1.17. The maximum Gasteiger partial charge on any atom is 0.119 e. The minimum atomic E-state index is 0.754. The summed E-state index contributed by atoms with van der Waals surface area (Å²) < 4.78 is 10.9. The molecular formula is C17H26N2O2S. The summed E-state index contributed by atoms with van der Waals surface area (Å²) in [6, 6.07) is 7.99. The Bertz CT molecular complexity index is 444. The lowest BCUT2D eigenvalue weighted by Gasteiger charge is -2.26. The molecule has 0 unspecified atom stereocenters. The molecule has 1 aromatic rings. The third-order valence-electron chi connectivity index (χ3n) is 3.63. The molecule has 1 aliphatic rings. The number of benzene rings is 1. The normalized spacial score (nSPS) is 15.5. The van der Waals surface area contributed by atoms with Gasteiger partial charge in [0.1, 0.15) is 10.7 Å². The molecule has 1 saturated heterocycles. The molecule has 1 aromatic carbocycles. The monoisotopic (exact) mass is 322 g/mol. The molecule has 122 valence electrons. The lowest BCUT2D eigenvalue weighted by atomic mass is 10.2. The van der Waals surface area contributed by atoms with Crippen molar-refractivity contribution in [3.05, 3.63) is 29.8 Å². The first-order valence-corrected chi connectivity index (χ1v) is 8.51. The van der Waals surface area contributed by atoms with Crippen LogP contribution in [0.3, 0.4) is 0 Å². The standard InChI is InChI=1S/C17H26N2O2S/c1-2-12-21-16-6-4-15(5-7-16)17(22)18-8-3-9-19-10-13-20-14-11-19/h4-7H,2-3,8-14H2,1H3,(H,18,22). The van der Waals surface area contributed by atoms with Crippen LogP contribution >= 0.6 is 12.2 Å². The molecule has 1 N–H and O–H groups in total. The number of nitrogens with zero attached hydrogens (tertiary/aromatic N) is 1. The van der Waals surface area contributed by atoms with Gasteiger partial charge in [-0.15, -0.1) is 0 Å². The van der Waals surface area contributed by atoms with Gasteiger partial charge in [-0.2, -0.15) is 0 Å². The number of ether oxygens (including phenoxy) is 2. The van der Waals surface area contributed by atoms with E-state index in [1.165, 1.54) is 0 Å². The lowest BCUT2D eigenvalue weighted by Crippen LogP contribution is -2.38. The topological polar surface area (TPSA) is 33.7 Å². The molecule has 0 amide bonds. The maximum atomic E-state index is 5.58. The van der Waals surface area contributed by atoms with Crippen LogP contribution in [-0.2, 0) is 4.74 Å². The third-order valence-corrected chi connectivity index (χ3v) is 4.01. The Labute approximate surface area is 138 Å². The van der Waals surface area contributed by atoms with Gasteiger partial charge < -0.3 is 14.8 Å². The number of rotatable bonds is 8. The van der Waals surface area contributed by atoms with E-state index >= 15 is 0 Å². The van der Waals surface area contributed by atoms with Crippen LogP contribution in [0.1, 0.15) is 25.3 Å². The van der Waals surface area contributed by atoms with Gasteiger partial charge in [0.15, 0.2) is 0 Å². The van der Waals surface area contributed by atoms with Gasteiger partial charge >= 0.3 is 0 Å². The third kappa shape index (κ3) is 5.91. The zero-order valence-electron chi connectivity index (χ0n) is 13.3. The second-order valence-electron chi connectivity index (χ2n) is 5.44. The van der Waals surface area contributed by atoms with Crippen molar-refractivity contribution >= 4 is 17.2 Å². The van der Waals surface area contributed by atoms with Crippen LogP contribution in [0.25, 0.3) is 0 Å². The van der Waals surface area contributed by atoms with Crippen molar-refractivity contribution in [1.82, 2.24) is 10.2 Å². The Kier molecular flexibility index (Phi) is 7.63. The summed E-state index contributed by atoms with van der Waals surface area (Å²) in [5.74, 6) is 0.903. The van der Waals surface area contributed by atoms with E-state index in [1.807, 2.05) is 24.3 Å². The number of morpholine rings is 1. The molecule has 0 aromatic heterocycles. The van der Waals surface area contributed by atoms with Crippen molar-refractivity contribution in [3.8, 4) is 5.75 Å². The molecule has 0 spiro atoms. The fourth-order valence-electron chi connectivity index (χ4n) is 2.35. The molecular weight excluding hydrogens is 296 g/mol. The van der Waals surface area contributed by atoms with E-state index in [2.05, 4.69) is 17.1 Å². The molecule has 2 rings (SSSR count). The van der Waals surface area contributed by atoms with E-state index in [1.54, 1.807) is 0 Å². The quantitative estimate of drug-likeness (QED) is 0.587. The highest BCUT2D eigenvalue weighted by Gasteiger charge is 2.09. The summed E-state index contributed by atoms with van der Waals surface area (Å²) in [4.78, 5) is 3.25. The molecule has 0 radical (unpaired) electrons. The first-order chi connectivity index (χ1) is 10.8. The highest BCUT2D eigenvalue weighted by molar-refractivity contribution is 7.80. The van der Waals surface area contributed by atoms with Gasteiger partial charge in [0.25, 0.3) is 0 Å². The van der Waals surface area contributed by atoms with Crippen molar-refractivity contribution in [2.24, 2.45) is 0 Å². The summed E-state index contributed by atoms with van der Waals surface area (Å²) in [7, 11) is 0. The van der Waals surface area contributed by atoms with Crippen LogP contribution in [0.2, 0.25) is 0 Å². The van der Waals surface area contributed by atoms with Crippen LogP contribution in [0.5, 0.6) is 5.75 Å². The van der Waals surface area contributed by atoms with Crippen LogP contribution in [-0.4, -0.2) is 55.9 Å². The SMILES string of the molecule is CCCOc1ccc(C(=S)NCCCN2CCOCC2)cc1. The highest BCUT2D eigenvalue weighted by Crippen LogP contribution is 2.12. The summed E-state index contributed by atoms with van der Waals surface area (Å²) in [6.45, 7) is 8.67. The second kappa shape index (κ2) is 9.77. The fourth-order valence-corrected chi connectivity index (χ4v) is 2.59. The van der Waals surface area contributed by atoms with Crippen molar-refractivity contribution in [1.29, 1.82) is 0 Å². The average molecular weight is 322 g/mol. The summed E-state index contributed by atoms with van der Waals surface area (Å²) in [5, 5.41) is 3.33.